The van der Waals surface area contributed by atoms with E-state index in [9.17, 15) is 9.18 Å². The average Bonchev–Trinajstić information content (AvgIpc) is 3.65. The Morgan fingerprint density at radius 2 is 2.03 bits per heavy atom. The van der Waals surface area contributed by atoms with E-state index in [-0.39, 0.29) is 24.3 Å². The van der Waals surface area contributed by atoms with Crippen LogP contribution in [0.25, 0.3) is 11.5 Å². The van der Waals surface area contributed by atoms with Gasteiger partial charge in [-0.1, -0.05) is 30.3 Å². The lowest BCUT2D eigenvalue weighted by atomic mass is 9.94. The fraction of sp³-hybridized carbons (Fsp3) is 0.357. The van der Waals surface area contributed by atoms with Gasteiger partial charge in [-0.15, -0.1) is 21.5 Å². The lowest BCUT2D eigenvalue weighted by molar-refractivity contribution is 0.0735. The second kappa shape index (κ2) is 10.5. The highest BCUT2D eigenvalue weighted by Gasteiger charge is 2.33. The van der Waals surface area contributed by atoms with Gasteiger partial charge >= 0.3 is 0 Å². The summed E-state index contributed by atoms with van der Waals surface area (Å²) in [4.78, 5) is 20.2. The fourth-order valence-electron chi connectivity index (χ4n) is 4.82. The van der Waals surface area contributed by atoms with Crippen molar-refractivity contribution in [2.75, 3.05) is 13.2 Å². The van der Waals surface area contributed by atoms with Crippen LogP contribution in [0.4, 0.5) is 4.39 Å². The van der Waals surface area contributed by atoms with E-state index >= 15 is 0 Å². The van der Waals surface area contributed by atoms with Crippen LogP contribution in [0.3, 0.4) is 0 Å². The molecule has 0 spiro atoms. The van der Waals surface area contributed by atoms with Crippen LogP contribution in [0.5, 0.6) is 0 Å². The molecule has 0 aliphatic carbocycles. The van der Waals surface area contributed by atoms with Crippen LogP contribution in [0.15, 0.2) is 58.3 Å². The third-order valence-electron chi connectivity index (χ3n) is 6.63. The zero-order valence-electron chi connectivity index (χ0n) is 21.0. The van der Waals surface area contributed by atoms with Crippen molar-refractivity contribution in [3.05, 3.63) is 87.2 Å². The smallest absolute Gasteiger partial charge is 0.254 e. The summed E-state index contributed by atoms with van der Waals surface area (Å²) in [5, 5.41) is 11.4. The maximum Gasteiger partial charge on any atom is 0.254 e. The molecule has 192 valence electrons. The van der Waals surface area contributed by atoms with Crippen LogP contribution in [-0.4, -0.2) is 39.2 Å². The third-order valence-corrected chi connectivity index (χ3v) is 7.70. The summed E-state index contributed by atoms with van der Waals surface area (Å²) in [5.74, 6) is 0.446. The Labute approximate surface area is 219 Å². The van der Waals surface area contributed by atoms with Gasteiger partial charge < -0.3 is 15.1 Å². The maximum absolute atomic E-state index is 13.7. The summed E-state index contributed by atoms with van der Waals surface area (Å²) in [5.41, 5.74) is 9.44. The van der Waals surface area contributed by atoms with Crippen LogP contribution in [-0.2, 0) is 18.4 Å². The molecular formula is C28H30FN5O2S. The molecule has 2 N–H and O–H groups in total. The SMILES string of the molecule is Cc1csc(C2CCCN2C(=O)c2cc(CCF)cc(-c3nnc(C(C)(N)Cc4ccccc4)o3)c2)n1. The Balaban J connectivity index is 1.44. The summed E-state index contributed by atoms with van der Waals surface area (Å²) < 4.78 is 19.3. The summed E-state index contributed by atoms with van der Waals surface area (Å²) in [7, 11) is 0. The molecule has 1 saturated heterocycles. The molecular weight excluding hydrogens is 489 g/mol. The van der Waals surface area contributed by atoms with Gasteiger partial charge in [0.2, 0.25) is 11.8 Å². The van der Waals surface area contributed by atoms with Crippen molar-refractivity contribution in [2.24, 2.45) is 5.73 Å². The minimum atomic E-state index is -0.879. The molecule has 1 amide bonds. The van der Waals surface area contributed by atoms with Gasteiger partial charge in [-0.05, 0) is 62.4 Å². The van der Waals surface area contributed by atoms with Gasteiger partial charge in [0.25, 0.3) is 5.91 Å². The first-order valence-electron chi connectivity index (χ1n) is 12.4. The van der Waals surface area contributed by atoms with Gasteiger partial charge in [0.05, 0.1) is 18.3 Å². The monoisotopic (exact) mass is 519 g/mol. The number of nitrogens with zero attached hydrogens (tertiary/aromatic N) is 4. The standard InChI is InChI=1S/C28H30FN5O2S/c1-18-17-37-25(31-18)23-9-6-12-34(23)26(35)22-14-20(10-11-29)13-21(15-22)24-32-33-27(36-24)28(2,30)16-19-7-4-3-5-8-19/h3-5,7-8,13-15,17,23H,6,9-12,16,30H2,1-2H3. The van der Waals surface area contributed by atoms with E-state index in [1.54, 1.807) is 29.5 Å². The Kier molecular flexibility index (Phi) is 7.17. The molecule has 37 heavy (non-hydrogen) atoms. The zero-order valence-corrected chi connectivity index (χ0v) is 21.8. The van der Waals surface area contributed by atoms with Crippen molar-refractivity contribution in [2.45, 2.75) is 51.1 Å². The van der Waals surface area contributed by atoms with Crippen LogP contribution in [0, 0.1) is 6.92 Å². The lowest BCUT2D eigenvalue weighted by Gasteiger charge is -2.23. The molecule has 2 atom stereocenters. The number of aryl methyl sites for hydroxylation is 2. The van der Waals surface area contributed by atoms with Crippen molar-refractivity contribution in [1.29, 1.82) is 0 Å². The Morgan fingerprint density at radius 1 is 1.22 bits per heavy atom. The topological polar surface area (TPSA) is 98.1 Å². The van der Waals surface area contributed by atoms with E-state index in [0.29, 0.717) is 35.5 Å². The number of nitrogens with two attached hydrogens (primary N) is 1. The number of benzene rings is 2. The molecule has 0 saturated carbocycles. The molecule has 1 aliphatic rings. The predicted molar refractivity (Wildman–Crippen MR) is 141 cm³/mol. The van der Waals surface area contributed by atoms with Gasteiger partial charge in [0, 0.05) is 35.2 Å². The van der Waals surface area contributed by atoms with Crippen molar-refractivity contribution < 1.29 is 13.6 Å². The molecule has 1 aliphatic heterocycles. The van der Waals surface area contributed by atoms with Crippen LogP contribution < -0.4 is 5.73 Å². The second-order valence-corrected chi connectivity index (χ2v) is 10.7. The highest BCUT2D eigenvalue weighted by Crippen LogP contribution is 2.35. The van der Waals surface area contributed by atoms with E-state index in [0.717, 1.165) is 29.1 Å². The minimum absolute atomic E-state index is 0.0505. The number of amides is 1. The Morgan fingerprint density at radius 3 is 2.76 bits per heavy atom. The van der Waals surface area contributed by atoms with Gasteiger partial charge in [-0.25, -0.2) is 4.98 Å². The fourth-order valence-corrected chi connectivity index (χ4v) is 5.76. The normalized spacial score (nSPS) is 17.2. The number of rotatable bonds is 8. The molecule has 0 bridgehead atoms. The number of thiazole rings is 1. The zero-order chi connectivity index (χ0) is 26.0. The van der Waals surface area contributed by atoms with Crippen LogP contribution in [0.1, 0.15) is 63.9 Å². The van der Waals surface area contributed by atoms with Gasteiger partial charge in [0.15, 0.2) is 0 Å². The molecule has 9 heteroatoms. The quantitative estimate of drug-likeness (QED) is 0.334. The molecule has 7 nitrogen and oxygen atoms in total. The van der Waals surface area contributed by atoms with E-state index in [2.05, 4.69) is 15.2 Å². The third kappa shape index (κ3) is 5.47. The molecule has 5 rings (SSSR count). The first-order chi connectivity index (χ1) is 17.8. The highest BCUT2D eigenvalue weighted by atomic mass is 32.1. The number of alkyl halides is 1. The largest absolute Gasteiger partial charge is 0.419 e. The number of carbonyl (C=O) groups excluding carboxylic acids is 1. The number of aromatic nitrogens is 3. The van der Waals surface area contributed by atoms with Gasteiger partial charge in [-0.2, -0.15) is 0 Å². The average molecular weight is 520 g/mol. The molecule has 1 fully saturated rings. The number of carbonyl (C=O) groups is 1. The van der Waals surface area contributed by atoms with E-state index in [1.165, 1.54) is 0 Å². The predicted octanol–water partition coefficient (Wildman–Crippen LogP) is 5.41. The maximum atomic E-state index is 13.7. The Hall–Kier alpha value is -3.43. The molecule has 2 aromatic carbocycles. The Bertz CT molecular complexity index is 1380. The summed E-state index contributed by atoms with van der Waals surface area (Å²) >= 11 is 1.58. The van der Waals surface area contributed by atoms with Crippen molar-refractivity contribution >= 4 is 17.2 Å². The number of hydrogen-bond donors (Lipinski definition) is 1. The number of likely N-dealkylation sites (tertiary alicyclic amines) is 1. The lowest BCUT2D eigenvalue weighted by Crippen LogP contribution is -2.35. The highest BCUT2D eigenvalue weighted by molar-refractivity contribution is 7.09. The molecule has 2 aromatic heterocycles. The van der Waals surface area contributed by atoms with Crippen LogP contribution >= 0.6 is 11.3 Å². The number of halogens is 1. The second-order valence-electron chi connectivity index (χ2n) is 9.83. The summed E-state index contributed by atoms with van der Waals surface area (Å²) in [6, 6.07) is 15.1. The minimum Gasteiger partial charge on any atom is -0.419 e. The van der Waals surface area contributed by atoms with E-state index in [4.69, 9.17) is 10.2 Å². The van der Waals surface area contributed by atoms with Crippen molar-refractivity contribution in [3.63, 3.8) is 0 Å². The van der Waals surface area contributed by atoms with Crippen LogP contribution in [0.2, 0.25) is 0 Å². The molecule has 0 radical (unpaired) electrons. The van der Waals surface area contributed by atoms with Gasteiger partial charge in [0.1, 0.15) is 5.01 Å². The molecule has 3 heterocycles. The van der Waals surface area contributed by atoms with E-state index < -0.39 is 12.2 Å². The first-order valence-corrected chi connectivity index (χ1v) is 13.3. The first kappa shape index (κ1) is 25.2. The summed E-state index contributed by atoms with van der Waals surface area (Å²) in [6.07, 6.45) is 2.50. The molecule has 4 aromatic rings. The number of hydrogen-bond acceptors (Lipinski definition) is 7. The molecule has 2 unspecified atom stereocenters. The summed E-state index contributed by atoms with van der Waals surface area (Å²) in [6.45, 7) is 3.92. The van der Waals surface area contributed by atoms with E-state index in [1.807, 2.05) is 54.5 Å². The van der Waals surface area contributed by atoms with Crippen molar-refractivity contribution in [1.82, 2.24) is 20.1 Å². The van der Waals surface area contributed by atoms with Crippen molar-refractivity contribution in [3.8, 4) is 11.5 Å². The van der Waals surface area contributed by atoms with Gasteiger partial charge in [-0.3, -0.25) is 9.18 Å².